The molecule has 0 amide bonds. The summed E-state index contributed by atoms with van der Waals surface area (Å²) in [6.45, 7) is 4.38. The van der Waals surface area contributed by atoms with Gasteiger partial charge in [0.15, 0.2) is 0 Å². The van der Waals surface area contributed by atoms with Gasteiger partial charge >= 0.3 is 0 Å². The van der Waals surface area contributed by atoms with Crippen LogP contribution in [0, 0.1) is 5.41 Å². The number of hydrogen-bond donors (Lipinski definition) is 2. The summed E-state index contributed by atoms with van der Waals surface area (Å²) < 4.78 is 5.50. The average Bonchev–Trinajstić information content (AvgIpc) is 2.93. The fourth-order valence-corrected chi connectivity index (χ4v) is 2.58. The molecule has 2 rings (SSSR count). The van der Waals surface area contributed by atoms with E-state index in [1.165, 1.54) is 32.0 Å². The summed E-state index contributed by atoms with van der Waals surface area (Å²) in [5, 5.41) is 3.38. The van der Waals surface area contributed by atoms with Crippen LogP contribution in [0.3, 0.4) is 0 Å². The maximum atomic E-state index is 5.93. The van der Waals surface area contributed by atoms with Crippen molar-refractivity contribution in [1.82, 2.24) is 9.97 Å². The lowest BCUT2D eigenvalue weighted by molar-refractivity contribution is 0.304. The number of hydrogen-bond acceptors (Lipinski definition) is 5. The lowest BCUT2D eigenvalue weighted by atomic mass is 9.86. The number of ether oxygens (including phenoxy) is 1. The van der Waals surface area contributed by atoms with Crippen LogP contribution in [-0.4, -0.2) is 29.7 Å². The van der Waals surface area contributed by atoms with Crippen LogP contribution in [0.1, 0.15) is 39.0 Å². The number of rotatable bonds is 7. The van der Waals surface area contributed by atoms with Crippen molar-refractivity contribution in [1.29, 1.82) is 0 Å². The van der Waals surface area contributed by atoms with Crippen LogP contribution < -0.4 is 15.8 Å². The van der Waals surface area contributed by atoms with Crippen molar-refractivity contribution in [3.8, 4) is 5.88 Å². The molecule has 0 aromatic carbocycles. The Labute approximate surface area is 115 Å². The van der Waals surface area contributed by atoms with Crippen molar-refractivity contribution in [3.05, 3.63) is 12.4 Å². The number of nitrogens with zero attached hydrogens (tertiary/aromatic N) is 2. The van der Waals surface area contributed by atoms with Gasteiger partial charge in [-0.1, -0.05) is 19.8 Å². The Kier molecular flexibility index (Phi) is 4.96. The highest BCUT2D eigenvalue weighted by atomic mass is 16.5. The third-order valence-electron chi connectivity index (χ3n) is 3.84. The highest BCUT2D eigenvalue weighted by Gasteiger charge is 2.32. The molecule has 0 atom stereocenters. The molecule has 19 heavy (non-hydrogen) atoms. The Morgan fingerprint density at radius 3 is 2.84 bits per heavy atom. The molecule has 0 radical (unpaired) electrons. The van der Waals surface area contributed by atoms with E-state index in [1.807, 2.05) is 6.07 Å². The monoisotopic (exact) mass is 264 g/mol. The Morgan fingerprint density at radius 2 is 2.16 bits per heavy atom. The second-order valence-electron chi connectivity index (χ2n) is 5.35. The van der Waals surface area contributed by atoms with Gasteiger partial charge in [0.1, 0.15) is 12.1 Å². The molecule has 1 saturated carbocycles. The first-order valence-electron chi connectivity index (χ1n) is 7.17. The van der Waals surface area contributed by atoms with E-state index in [0.29, 0.717) is 12.5 Å². The minimum absolute atomic E-state index is 0.245. The first-order chi connectivity index (χ1) is 9.28. The highest BCUT2D eigenvalue weighted by Crippen LogP contribution is 2.37. The molecule has 0 aliphatic heterocycles. The zero-order valence-corrected chi connectivity index (χ0v) is 11.7. The van der Waals surface area contributed by atoms with Crippen molar-refractivity contribution >= 4 is 5.82 Å². The van der Waals surface area contributed by atoms with Gasteiger partial charge in [-0.05, 0) is 31.2 Å². The average molecular weight is 264 g/mol. The molecule has 1 aromatic rings. The minimum Gasteiger partial charge on any atom is -0.478 e. The summed E-state index contributed by atoms with van der Waals surface area (Å²) in [5.74, 6) is 1.45. The van der Waals surface area contributed by atoms with Gasteiger partial charge in [-0.3, -0.25) is 0 Å². The molecular weight excluding hydrogens is 240 g/mol. The molecule has 5 heteroatoms. The van der Waals surface area contributed by atoms with E-state index in [0.717, 1.165) is 25.3 Å². The first-order valence-corrected chi connectivity index (χ1v) is 7.17. The Balaban J connectivity index is 1.91. The quantitative estimate of drug-likeness (QED) is 0.790. The molecule has 1 aliphatic rings. The summed E-state index contributed by atoms with van der Waals surface area (Å²) >= 11 is 0. The van der Waals surface area contributed by atoms with Gasteiger partial charge < -0.3 is 15.8 Å². The molecule has 1 heterocycles. The van der Waals surface area contributed by atoms with Crippen LogP contribution in [0.5, 0.6) is 5.88 Å². The molecule has 0 spiro atoms. The smallest absolute Gasteiger partial charge is 0.218 e. The number of nitrogens with two attached hydrogens (primary N) is 1. The van der Waals surface area contributed by atoms with Gasteiger partial charge in [0, 0.05) is 12.6 Å². The van der Waals surface area contributed by atoms with Gasteiger partial charge in [0.05, 0.1) is 6.61 Å². The van der Waals surface area contributed by atoms with E-state index in [1.54, 1.807) is 0 Å². The highest BCUT2D eigenvalue weighted by molar-refractivity contribution is 5.37. The fraction of sp³-hybridized carbons (Fsp3) is 0.714. The molecule has 3 N–H and O–H groups in total. The molecular formula is C14H24N4O. The van der Waals surface area contributed by atoms with Crippen LogP contribution in [0.2, 0.25) is 0 Å². The van der Waals surface area contributed by atoms with Crippen molar-refractivity contribution in [2.45, 2.75) is 39.0 Å². The summed E-state index contributed by atoms with van der Waals surface area (Å²) in [5.41, 5.74) is 6.18. The predicted octanol–water partition coefficient (Wildman–Crippen LogP) is 2.20. The van der Waals surface area contributed by atoms with E-state index < -0.39 is 0 Å². The minimum atomic E-state index is 0.245. The molecule has 1 fully saturated rings. The van der Waals surface area contributed by atoms with Gasteiger partial charge in [-0.25, -0.2) is 9.97 Å². The largest absolute Gasteiger partial charge is 0.478 e. The van der Waals surface area contributed by atoms with Crippen molar-refractivity contribution in [3.63, 3.8) is 0 Å². The Morgan fingerprint density at radius 1 is 1.37 bits per heavy atom. The number of aromatic nitrogens is 2. The summed E-state index contributed by atoms with van der Waals surface area (Å²) in [4.78, 5) is 8.33. The second kappa shape index (κ2) is 6.70. The van der Waals surface area contributed by atoms with E-state index in [4.69, 9.17) is 10.5 Å². The van der Waals surface area contributed by atoms with E-state index >= 15 is 0 Å². The Bertz CT molecular complexity index is 391. The molecule has 0 unspecified atom stereocenters. The molecule has 1 aromatic heterocycles. The third-order valence-corrected chi connectivity index (χ3v) is 3.84. The lowest BCUT2D eigenvalue weighted by Gasteiger charge is -2.27. The Hall–Kier alpha value is -1.36. The maximum absolute atomic E-state index is 5.93. The first kappa shape index (κ1) is 14.1. The molecule has 1 aliphatic carbocycles. The maximum Gasteiger partial charge on any atom is 0.218 e. The van der Waals surface area contributed by atoms with Crippen molar-refractivity contribution in [2.24, 2.45) is 11.1 Å². The zero-order valence-electron chi connectivity index (χ0n) is 11.7. The van der Waals surface area contributed by atoms with Crippen LogP contribution in [0.15, 0.2) is 12.4 Å². The van der Waals surface area contributed by atoms with Gasteiger partial charge in [0.25, 0.3) is 0 Å². The van der Waals surface area contributed by atoms with Gasteiger partial charge in [-0.2, -0.15) is 0 Å². The van der Waals surface area contributed by atoms with Crippen molar-refractivity contribution in [2.75, 3.05) is 25.0 Å². The molecule has 0 saturated heterocycles. The lowest BCUT2D eigenvalue weighted by Crippen LogP contribution is -2.34. The van der Waals surface area contributed by atoms with Crippen LogP contribution >= 0.6 is 0 Å². The molecule has 5 nitrogen and oxygen atoms in total. The fourth-order valence-electron chi connectivity index (χ4n) is 2.58. The van der Waals surface area contributed by atoms with Crippen LogP contribution in [0.25, 0.3) is 0 Å². The predicted molar refractivity (Wildman–Crippen MR) is 76.3 cm³/mol. The van der Waals surface area contributed by atoms with Gasteiger partial charge in [-0.15, -0.1) is 0 Å². The normalized spacial score (nSPS) is 17.4. The number of anilines is 1. The van der Waals surface area contributed by atoms with Crippen LogP contribution in [0.4, 0.5) is 5.82 Å². The van der Waals surface area contributed by atoms with E-state index in [-0.39, 0.29) is 5.41 Å². The third kappa shape index (κ3) is 3.80. The molecule has 0 bridgehead atoms. The van der Waals surface area contributed by atoms with E-state index in [2.05, 4.69) is 22.2 Å². The summed E-state index contributed by atoms with van der Waals surface area (Å²) in [7, 11) is 0. The van der Waals surface area contributed by atoms with Crippen LogP contribution in [-0.2, 0) is 0 Å². The standard InChI is InChI=1S/C14H24N4O/c1-2-7-19-13-8-12(17-11-18-13)16-10-14(9-15)5-3-4-6-14/h8,11H,2-7,9-10,15H2,1H3,(H,16,17,18). The van der Waals surface area contributed by atoms with Crippen molar-refractivity contribution < 1.29 is 4.74 Å². The SMILES string of the molecule is CCCOc1cc(NCC2(CN)CCCC2)ncn1. The number of nitrogens with one attached hydrogen (secondary N) is 1. The van der Waals surface area contributed by atoms with E-state index in [9.17, 15) is 0 Å². The zero-order chi connectivity index (χ0) is 13.6. The second-order valence-corrected chi connectivity index (χ2v) is 5.35. The topological polar surface area (TPSA) is 73.1 Å². The molecule has 106 valence electrons. The summed E-state index contributed by atoms with van der Waals surface area (Å²) in [6, 6.07) is 1.86. The van der Waals surface area contributed by atoms with Gasteiger partial charge in [0.2, 0.25) is 5.88 Å². The summed E-state index contributed by atoms with van der Waals surface area (Å²) in [6.07, 6.45) is 7.50.